The third-order valence-corrected chi connectivity index (χ3v) is 8.71. The number of rotatable bonds is 6. The molecule has 0 aliphatic carbocycles. The number of likely N-dealkylation sites (tertiary alicyclic amines) is 2. The zero-order valence-corrected chi connectivity index (χ0v) is 23.1. The van der Waals surface area contributed by atoms with Gasteiger partial charge in [0, 0.05) is 109 Å². The second-order valence-electron chi connectivity index (χ2n) is 11.3. The lowest BCUT2D eigenvalue weighted by Gasteiger charge is -2.41. The Morgan fingerprint density at radius 2 is 1.07 bits per heavy atom. The number of nitrogens with one attached hydrogen (secondary N) is 2. The van der Waals surface area contributed by atoms with Crippen molar-refractivity contribution in [3.63, 3.8) is 0 Å². The first-order chi connectivity index (χ1) is 19.4. The maximum Gasteiger partial charge on any atom is 0.331 e. The maximum absolute atomic E-state index is 13.2. The summed E-state index contributed by atoms with van der Waals surface area (Å²) < 4.78 is 12.4. The fourth-order valence-corrected chi connectivity index (χ4v) is 6.37. The molecular weight excluding hydrogens is 504 g/mol. The fraction of sp³-hybridized carbons (Fsp3) is 0.375. The lowest BCUT2D eigenvalue weighted by Crippen LogP contribution is -2.44. The monoisotopic (exact) mass is 540 g/mol. The Morgan fingerprint density at radius 1 is 0.675 bits per heavy atom. The van der Waals surface area contributed by atoms with E-state index in [9.17, 15) is 9.59 Å². The molecule has 4 aromatic rings. The van der Waals surface area contributed by atoms with Crippen molar-refractivity contribution in [3.8, 4) is 0 Å². The Balaban J connectivity index is 1.23. The molecule has 208 valence electrons. The summed E-state index contributed by atoms with van der Waals surface area (Å²) in [7, 11) is 4.15. The number of aromatic nitrogens is 2. The number of fused-ring (bicyclic) bond motifs is 2. The molecule has 2 aromatic carbocycles. The molecule has 0 saturated carbocycles. The van der Waals surface area contributed by atoms with Crippen molar-refractivity contribution < 1.29 is 19.1 Å². The Morgan fingerprint density at radius 3 is 1.48 bits per heavy atom. The van der Waals surface area contributed by atoms with Gasteiger partial charge in [-0.3, -0.25) is 0 Å². The average molecular weight is 541 g/mol. The lowest BCUT2D eigenvalue weighted by molar-refractivity contribution is -0.163. The van der Waals surface area contributed by atoms with Crippen LogP contribution >= 0.6 is 0 Å². The number of H-pyrrole nitrogens is 2. The van der Waals surface area contributed by atoms with E-state index < -0.39 is 23.1 Å². The Hall–Kier alpha value is -3.88. The van der Waals surface area contributed by atoms with Crippen LogP contribution in [0.2, 0.25) is 0 Å². The maximum atomic E-state index is 13.2. The quantitative estimate of drug-likeness (QED) is 0.269. The number of benzene rings is 2. The molecule has 2 aliphatic rings. The number of hydrogen-bond acceptors (Lipinski definition) is 6. The number of ether oxygens (including phenoxy) is 2. The molecule has 40 heavy (non-hydrogen) atoms. The van der Waals surface area contributed by atoms with Crippen LogP contribution < -0.4 is 0 Å². The normalized spacial score (nSPS) is 19.8. The predicted molar refractivity (Wildman–Crippen MR) is 155 cm³/mol. The summed E-state index contributed by atoms with van der Waals surface area (Å²) in [6.45, 7) is 3.23. The number of esters is 2. The van der Waals surface area contributed by atoms with Crippen LogP contribution in [-0.4, -0.2) is 72.0 Å². The van der Waals surface area contributed by atoms with Gasteiger partial charge < -0.3 is 29.2 Å². The van der Waals surface area contributed by atoms with E-state index in [-0.39, 0.29) is 0 Å². The minimum Gasteiger partial charge on any atom is -0.451 e. The SMILES string of the molecule is CN1CCC(OC(=O)/C=C/C(=O)OC2(c3cccc4[nH]ccc34)CCN(C)CC2)(c2cccc3[nH]ccc23)CC1. The van der Waals surface area contributed by atoms with Crippen LogP contribution in [0.5, 0.6) is 0 Å². The van der Waals surface area contributed by atoms with Crippen LogP contribution in [-0.2, 0) is 30.3 Å². The average Bonchev–Trinajstić information content (AvgIpc) is 3.64. The minimum absolute atomic E-state index is 0.542. The molecular formula is C32H36N4O4. The molecule has 2 fully saturated rings. The van der Waals surface area contributed by atoms with Crippen LogP contribution in [0.3, 0.4) is 0 Å². The smallest absolute Gasteiger partial charge is 0.331 e. The van der Waals surface area contributed by atoms with Crippen LogP contribution in [0, 0.1) is 0 Å². The summed E-state index contributed by atoms with van der Waals surface area (Å²) in [4.78, 5) is 37.4. The highest BCUT2D eigenvalue weighted by Gasteiger charge is 2.41. The van der Waals surface area contributed by atoms with Crippen molar-refractivity contribution in [2.45, 2.75) is 36.9 Å². The molecule has 8 heteroatoms. The molecule has 6 rings (SSSR count). The van der Waals surface area contributed by atoms with Gasteiger partial charge in [0.05, 0.1) is 0 Å². The van der Waals surface area contributed by atoms with Crippen molar-refractivity contribution in [2.75, 3.05) is 40.3 Å². The highest BCUT2D eigenvalue weighted by Crippen LogP contribution is 2.41. The van der Waals surface area contributed by atoms with Crippen LogP contribution in [0.25, 0.3) is 21.8 Å². The lowest BCUT2D eigenvalue weighted by atomic mass is 9.82. The molecule has 0 amide bonds. The molecule has 0 bridgehead atoms. The molecule has 0 spiro atoms. The van der Waals surface area contributed by atoms with Crippen molar-refractivity contribution in [1.29, 1.82) is 0 Å². The summed E-state index contributed by atoms with van der Waals surface area (Å²) in [6.07, 6.45) is 8.95. The zero-order chi connectivity index (χ0) is 27.7. The topological polar surface area (TPSA) is 90.7 Å². The van der Waals surface area contributed by atoms with Gasteiger partial charge in [-0.05, 0) is 38.4 Å². The van der Waals surface area contributed by atoms with Crippen molar-refractivity contribution in [3.05, 3.63) is 84.2 Å². The van der Waals surface area contributed by atoms with E-state index in [1.54, 1.807) is 0 Å². The van der Waals surface area contributed by atoms with Crippen LogP contribution in [0.1, 0.15) is 36.8 Å². The molecule has 2 saturated heterocycles. The Kier molecular flexibility index (Phi) is 6.98. The second-order valence-corrected chi connectivity index (χ2v) is 11.3. The van der Waals surface area contributed by atoms with Crippen LogP contribution in [0.15, 0.2) is 73.1 Å². The van der Waals surface area contributed by atoms with Gasteiger partial charge >= 0.3 is 11.9 Å². The first-order valence-corrected chi connectivity index (χ1v) is 14.0. The highest BCUT2D eigenvalue weighted by molar-refractivity contribution is 5.93. The van der Waals surface area contributed by atoms with E-state index in [0.717, 1.165) is 59.1 Å². The zero-order valence-electron chi connectivity index (χ0n) is 23.1. The highest BCUT2D eigenvalue weighted by atomic mass is 16.6. The van der Waals surface area contributed by atoms with E-state index in [0.29, 0.717) is 25.7 Å². The first-order valence-electron chi connectivity index (χ1n) is 14.0. The summed E-state index contributed by atoms with van der Waals surface area (Å²) in [5, 5.41) is 2.10. The number of piperidine rings is 2. The molecule has 0 atom stereocenters. The van der Waals surface area contributed by atoms with E-state index in [4.69, 9.17) is 9.47 Å². The predicted octanol–water partition coefficient (Wildman–Crippen LogP) is 4.83. The van der Waals surface area contributed by atoms with Gasteiger partial charge in [0.15, 0.2) is 0 Å². The van der Waals surface area contributed by atoms with E-state index in [2.05, 4.69) is 33.9 Å². The molecule has 8 nitrogen and oxygen atoms in total. The van der Waals surface area contributed by atoms with E-state index >= 15 is 0 Å². The summed E-state index contributed by atoms with van der Waals surface area (Å²) in [6, 6.07) is 16.1. The second kappa shape index (κ2) is 10.6. The van der Waals surface area contributed by atoms with Gasteiger partial charge in [-0.15, -0.1) is 0 Å². The van der Waals surface area contributed by atoms with Gasteiger partial charge in [-0.25, -0.2) is 9.59 Å². The van der Waals surface area contributed by atoms with Gasteiger partial charge in [-0.2, -0.15) is 0 Å². The molecule has 0 radical (unpaired) electrons. The molecule has 2 aliphatic heterocycles. The van der Waals surface area contributed by atoms with E-state index in [1.807, 2.05) is 60.9 Å². The largest absolute Gasteiger partial charge is 0.451 e. The molecule has 2 N–H and O–H groups in total. The van der Waals surface area contributed by atoms with Gasteiger partial charge in [0.25, 0.3) is 0 Å². The van der Waals surface area contributed by atoms with Crippen LogP contribution in [0.4, 0.5) is 0 Å². The third-order valence-electron chi connectivity index (χ3n) is 8.71. The summed E-state index contributed by atoms with van der Waals surface area (Å²) in [5.74, 6) is -1.08. The number of carbonyl (C=O) groups is 2. The summed E-state index contributed by atoms with van der Waals surface area (Å²) in [5.41, 5.74) is 2.47. The van der Waals surface area contributed by atoms with Crippen molar-refractivity contribution in [1.82, 2.24) is 19.8 Å². The number of carbonyl (C=O) groups excluding carboxylic acids is 2. The van der Waals surface area contributed by atoms with Gasteiger partial charge in [0.2, 0.25) is 0 Å². The van der Waals surface area contributed by atoms with E-state index in [1.165, 1.54) is 12.2 Å². The third kappa shape index (κ3) is 4.93. The summed E-state index contributed by atoms with van der Waals surface area (Å²) >= 11 is 0. The number of aromatic amines is 2. The fourth-order valence-electron chi connectivity index (χ4n) is 6.37. The molecule has 2 aromatic heterocycles. The minimum atomic E-state index is -0.765. The van der Waals surface area contributed by atoms with Gasteiger partial charge in [0.1, 0.15) is 11.2 Å². The van der Waals surface area contributed by atoms with Crippen molar-refractivity contribution in [2.24, 2.45) is 0 Å². The number of nitrogens with zero attached hydrogens (tertiary/aromatic N) is 2. The van der Waals surface area contributed by atoms with Gasteiger partial charge in [-0.1, -0.05) is 24.3 Å². The van der Waals surface area contributed by atoms with Crippen molar-refractivity contribution >= 4 is 33.7 Å². The molecule has 0 unspecified atom stereocenters. The first kappa shape index (κ1) is 26.3. The molecule has 4 heterocycles. The Bertz CT molecular complexity index is 1440. The Labute approximate surface area is 233 Å². The standard InChI is InChI=1S/C32H36N4O4/c1-35-19-13-31(14-20-35,25-5-3-7-27-23(25)11-17-33-27)39-29(37)9-10-30(38)40-32(15-21-36(2)22-16-32)26-6-4-8-28-24(26)12-18-34-28/h3-12,17-18,33-34H,13-16,19-22H2,1-2H3/b10-9+. The number of hydrogen-bond donors (Lipinski definition) is 2.